The van der Waals surface area contributed by atoms with Crippen LogP contribution in [-0.4, -0.2) is 58.9 Å². The Kier molecular flexibility index (Phi) is 10.5. The molecule has 7 rings (SSSR count). The number of amides is 2. The Morgan fingerprint density at radius 3 is 2.26 bits per heavy atom. The number of thioether (sulfide) groups is 1. The summed E-state index contributed by atoms with van der Waals surface area (Å²) >= 11 is 1.57. The van der Waals surface area contributed by atoms with Gasteiger partial charge in [0.2, 0.25) is 5.91 Å². The van der Waals surface area contributed by atoms with Crippen LogP contribution in [0.3, 0.4) is 0 Å². The van der Waals surface area contributed by atoms with Crippen LogP contribution in [0.25, 0.3) is 11.1 Å². The number of carbonyl (C=O) groups is 3. The lowest BCUT2D eigenvalue weighted by Crippen LogP contribution is -2.55. The molecule has 0 unspecified atom stereocenters. The van der Waals surface area contributed by atoms with E-state index in [1.807, 2.05) is 49.6 Å². The number of benzene rings is 2. The molecule has 2 aromatic carbocycles. The molecule has 0 aliphatic heterocycles. The fourth-order valence-corrected chi connectivity index (χ4v) is 10.2. The zero-order valence-electron chi connectivity index (χ0n) is 27.8. The summed E-state index contributed by atoms with van der Waals surface area (Å²) < 4.78 is 0. The van der Waals surface area contributed by atoms with Gasteiger partial charge < -0.3 is 15.3 Å². The molecule has 7 heteroatoms. The van der Waals surface area contributed by atoms with Gasteiger partial charge in [-0.3, -0.25) is 9.59 Å². The SMILES string of the molecule is CSCC[C@H](NC(=O)c1ccc(CCN(CC2CCCCC2)C(=O)C23CC4CC(CC(C4)C2)C3)cc1-c1ccccc1C)C(=O)O. The van der Waals surface area contributed by atoms with E-state index in [9.17, 15) is 19.5 Å². The number of carboxylic acids is 1. The average Bonchev–Trinajstić information content (AvgIpc) is 3.04. The maximum Gasteiger partial charge on any atom is 0.326 e. The molecule has 4 bridgehead atoms. The second-order valence-corrected chi connectivity index (χ2v) is 16.0. The van der Waals surface area contributed by atoms with E-state index in [1.165, 1.54) is 51.4 Å². The highest BCUT2D eigenvalue weighted by molar-refractivity contribution is 7.98. The van der Waals surface area contributed by atoms with Gasteiger partial charge in [0.25, 0.3) is 5.91 Å². The third-order valence-corrected chi connectivity index (χ3v) is 12.3. The molecule has 0 saturated heterocycles. The van der Waals surface area contributed by atoms with Crippen LogP contribution in [0.1, 0.15) is 98.5 Å². The largest absolute Gasteiger partial charge is 0.480 e. The van der Waals surface area contributed by atoms with Gasteiger partial charge in [0, 0.05) is 18.7 Å². The Balaban J connectivity index is 1.25. The number of carboxylic acid groups (broad SMARTS) is 1. The standard InChI is InChI=1S/C39H52N2O4S/c1-26-8-6-7-11-32(26)34-21-27(12-13-33(34)36(42)40-35(37(43)44)15-17-46-2)14-16-41(25-28-9-4-3-5-10-28)38(45)39-22-29-18-30(23-39)20-31(19-29)24-39/h6-8,11-13,21,28-31,35H,3-5,9-10,14-20,22-25H2,1-2H3,(H,40,42)(H,43,44)/t29?,30?,31?,35-,39?/m0/s1. The molecule has 1 atom stereocenters. The highest BCUT2D eigenvalue weighted by Crippen LogP contribution is 2.60. The minimum Gasteiger partial charge on any atom is -0.480 e. The number of aliphatic carboxylic acids is 1. The number of hydrogen-bond donors (Lipinski definition) is 2. The first-order valence-electron chi connectivity index (χ1n) is 17.8. The number of nitrogens with zero attached hydrogens (tertiary/aromatic N) is 1. The summed E-state index contributed by atoms with van der Waals surface area (Å²) in [5.74, 6) is 2.51. The van der Waals surface area contributed by atoms with Crippen LogP contribution in [0.4, 0.5) is 0 Å². The smallest absolute Gasteiger partial charge is 0.326 e. The first kappa shape index (κ1) is 33.1. The molecule has 2 aromatic rings. The molecule has 0 spiro atoms. The summed E-state index contributed by atoms with van der Waals surface area (Å²) in [6.07, 6.45) is 16.6. The van der Waals surface area contributed by atoms with E-state index >= 15 is 0 Å². The van der Waals surface area contributed by atoms with Crippen molar-refractivity contribution in [2.24, 2.45) is 29.1 Å². The predicted octanol–water partition coefficient (Wildman–Crippen LogP) is 7.77. The lowest BCUT2D eigenvalue weighted by molar-refractivity contribution is -0.158. The molecule has 0 aromatic heterocycles. The lowest BCUT2D eigenvalue weighted by atomic mass is 9.49. The molecular weight excluding hydrogens is 593 g/mol. The van der Waals surface area contributed by atoms with Crippen molar-refractivity contribution in [1.82, 2.24) is 10.2 Å². The number of rotatable bonds is 13. The second kappa shape index (κ2) is 14.5. The van der Waals surface area contributed by atoms with Gasteiger partial charge in [0.15, 0.2) is 0 Å². The van der Waals surface area contributed by atoms with Crippen molar-refractivity contribution in [2.45, 2.75) is 96.4 Å². The highest BCUT2D eigenvalue weighted by atomic mass is 32.2. The Labute approximate surface area is 279 Å². The number of aryl methyl sites for hydroxylation is 1. The van der Waals surface area contributed by atoms with Gasteiger partial charge >= 0.3 is 5.97 Å². The lowest BCUT2D eigenvalue weighted by Gasteiger charge is -2.56. The van der Waals surface area contributed by atoms with Crippen molar-refractivity contribution < 1.29 is 19.5 Å². The molecule has 2 N–H and O–H groups in total. The van der Waals surface area contributed by atoms with Gasteiger partial charge in [-0.1, -0.05) is 55.7 Å². The van der Waals surface area contributed by atoms with Crippen molar-refractivity contribution in [1.29, 1.82) is 0 Å². The van der Waals surface area contributed by atoms with Gasteiger partial charge in [-0.25, -0.2) is 4.79 Å². The number of nitrogens with one attached hydrogen (secondary N) is 1. The molecule has 5 saturated carbocycles. The summed E-state index contributed by atoms with van der Waals surface area (Å²) in [7, 11) is 0. The van der Waals surface area contributed by atoms with E-state index in [1.54, 1.807) is 11.8 Å². The van der Waals surface area contributed by atoms with Gasteiger partial charge in [-0.2, -0.15) is 11.8 Å². The predicted molar refractivity (Wildman–Crippen MR) is 186 cm³/mol. The van der Waals surface area contributed by atoms with Crippen molar-refractivity contribution in [3.8, 4) is 11.1 Å². The third kappa shape index (κ3) is 7.35. The first-order chi connectivity index (χ1) is 22.2. The number of hydrogen-bond acceptors (Lipinski definition) is 4. The van der Waals surface area contributed by atoms with E-state index in [0.29, 0.717) is 36.1 Å². The molecule has 6 nitrogen and oxygen atoms in total. The van der Waals surface area contributed by atoms with Crippen LogP contribution in [0, 0.1) is 36.0 Å². The summed E-state index contributed by atoms with van der Waals surface area (Å²) in [6, 6.07) is 13.1. The van der Waals surface area contributed by atoms with Crippen LogP contribution in [-0.2, 0) is 16.0 Å². The summed E-state index contributed by atoms with van der Waals surface area (Å²) in [4.78, 5) is 42.4. The van der Waals surface area contributed by atoms with Crippen molar-refractivity contribution in [3.63, 3.8) is 0 Å². The van der Waals surface area contributed by atoms with Gasteiger partial charge in [-0.05, 0) is 135 Å². The van der Waals surface area contributed by atoms with Crippen LogP contribution < -0.4 is 5.32 Å². The van der Waals surface area contributed by atoms with Crippen molar-refractivity contribution in [2.75, 3.05) is 25.1 Å². The third-order valence-electron chi connectivity index (χ3n) is 11.6. The van der Waals surface area contributed by atoms with Gasteiger partial charge in [0.05, 0.1) is 5.41 Å². The van der Waals surface area contributed by atoms with E-state index in [-0.39, 0.29) is 11.3 Å². The molecule has 0 radical (unpaired) electrons. The normalized spacial score (nSPS) is 26.1. The van der Waals surface area contributed by atoms with E-state index in [0.717, 1.165) is 72.2 Å². The summed E-state index contributed by atoms with van der Waals surface area (Å²) in [5, 5.41) is 12.5. The van der Waals surface area contributed by atoms with E-state index in [2.05, 4.69) is 16.3 Å². The highest BCUT2D eigenvalue weighted by Gasteiger charge is 2.55. The maximum atomic E-state index is 14.6. The first-order valence-corrected chi connectivity index (χ1v) is 19.1. The van der Waals surface area contributed by atoms with Crippen LogP contribution in [0.5, 0.6) is 0 Å². The minimum atomic E-state index is -1.02. The Bertz CT molecular complexity index is 1380. The van der Waals surface area contributed by atoms with Gasteiger partial charge in [-0.15, -0.1) is 0 Å². The molecule has 5 aliphatic carbocycles. The monoisotopic (exact) mass is 644 g/mol. The van der Waals surface area contributed by atoms with Gasteiger partial charge in [0.1, 0.15) is 6.04 Å². The Morgan fingerprint density at radius 2 is 1.63 bits per heavy atom. The molecule has 46 heavy (non-hydrogen) atoms. The second-order valence-electron chi connectivity index (χ2n) is 15.0. The fraction of sp³-hybridized carbons (Fsp3) is 0.615. The Morgan fingerprint density at radius 1 is 0.957 bits per heavy atom. The Hall–Kier alpha value is -2.80. The van der Waals surface area contributed by atoms with E-state index in [4.69, 9.17) is 0 Å². The maximum absolute atomic E-state index is 14.6. The van der Waals surface area contributed by atoms with Crippen molar-refractivity contribution >= 4 is 29.5 Å². The molecule has 248 valence electrons. The van der Waals surface area contributed by atoms with Crippen LogP contribution in [0.15, 0.2) is 42.5 Å². The van der Waals surface area contributed by atoms with Crippen LogP contribution in [0.2, 0.25) is 0 Å². The fourth-order valence-electron chi connectivity index (χ4n) is 9.70. The molecule has 5 aliphatic rings. The zero-order chi connectivity index (χ0) is 32.3. The van der Waals surface area contributed by atoms with Crippen molar-refractivity contribution in [3.05, 3.63) is 59.2 Å². The minimum absolute atomic E-state index is 0.144. The summed E-state index contributed by atoms with van der Waals surface area (Å²) in [5.41, 5.74) is 4.27. The average molecular weight is 645 g/mol. The summed E-state index contributed by atoms with van der Waals surface area (Å²) in [6.45, 7) is 3.61. The van der Waals surface area contributed by atoms with Crippen LogP contribution >= 0.6 is 11.8 Å². The topological polar surface area (TPSA) is 86.7 Å². The molecule has 5 fully saturated rings. The molecule has 0 heterocycles. The van der Waals surface area contributed by atoms with E-state index < -0.39 is 12.0 Å². The molecule has 2 amide bonds. The number of carbonyl (C=O) groups excluding carboxylic acids is 2. The zero-order valence-corrected chi connectivity index (χ0v) is 28.6. The molecular formula is C39H52N2O4S. The quantitative estimate of drug-likeness (QED) is 0.233.